The number of aryl methyl sites for hydroxylation is 1. The van der Waals surface area contributed by atoms with Gasteiger partial charge in [-0.15, -0.1) is 0 Å². The molecule has 41 heavy (non-hydrogen) atoms. The maximum absolute atomic E-state index is 13.3. The van der Waals surface area contributed by atoms with Crippen molar-refractivity contribution in [3.63, 3.8) is 0 Å². The lowest BCUT2D eigenvalue weighted by Crippen LogP contribution is -2.51. The summed E-state index contributed by atoms with van der Waals surface area (Å²) in [6, 6.07) is 18.1. The van der Waals surface area contributed by atoms with Crippen LogP contribution in [0.4, 0.5) is 0 Å². The molecule has 1 unspecified atom stereocenters. The SMILES string of the molecule is COC(=O)Cc1ccc(OCc2ccc(Cl)cc2)c(CC2C=CCCNC(=O)[C@@H]2NS(=O)(=O)c2ccc(C)cc2)c1. The maximum Gasteiger partial charge on any atom is 0.309 e. The fraction of sp³-hybridized carbons (Fsp3) is 0.290. The van der Waals surface area contributed by atoms with E-state index in [0.29, 0.717) is 29.3 Å². The molecule has 1 aliphatic heterocycles. The number of ether oxygens (including phenoxy) is 2. The second kappa shape index (κ2) is 13.8. The number of carbonyl (C=O) groups is 2. The molecule has 8 nitrogen and oxygen atoms in total. The van der Waals surface area contributed by atoms with Crippen LogP contribution in [0.1, 0.15) is 28.7 Å². The van der Waals surface area contributed by atoms with Gasteiger partial charge in [0.2, 0.25) is 15.9 Å². The first-order chi connectivity index (χ1) is 19.6. The molecule has 1 heterocycles. The van der Waals surface area contributed by atoms with Crippen LogP contribution >= 0.6 is 11.6 Å². The number of amides is 1. The van der Waals surface area contributed by atoms with Crippen molar-refractivity contribution in [2.24, 2.45) is 5.92 Å². The molecule has 0 bridgehead atoms. The largest absolute Gasteiger partial charge is 0.489 e. The predicted octanol–water partition coefficient (Wildman–Crippen LogP) is 4.52. The van der Waals surface area contributed by atoms with E-state index in [1.807, 2.05) is 37.3 Å². The van der Waals surface area contributed by atoms with E-state index < -0.39 is 27.9 Å². The molecular weight excluding hydrogens is 564 g/mol. The smallest absolute Gasteiger partial charge is 0.309 e. The van der Waals surface area contributed by atoms with Crippen LogP contribution in [0.5, 0.6) is 5.75 Å². The lowest BCUT2D eigenvalue weighted by Gasteiger charge is -2.27. The molecule has 0 fully saturated rings. The maximum atomic E-state index is 13.3. The number of hydrogen-bond acceptors (Lipinski definition) is 6. The Hall–Kier alpha value is -3.66. The topological polar surface area (TPSA) is 111 Å². The van der Waals surface area contributed by atoms with Crippen LogP contribution in [0.2, 0.25) is 5.02 Å². The zero-order valence-corrected chi connectivity index (χ0v) is 24.5. The van der Waals surface area contributed by atoms with Gasteiger partial charge < -0.3 is 14.8 Å². The highest BCUT2D eigenvalue weighted by Crippen LogP contribution is 2.28. The first-order valence-electron chi connectivity index (χ1n) is 13.2. The van der Waals surface area contributed by atoms with E-state index in [1.165, 1.54) is 19.2 Å². The Morgan fingerprint density at radius 1 is 1.05 bits per heavy atom. The van der Waals surface area contributed by atoms with Crippen molar-refractivity contribution in [3.8, 4) is 5.75 Å². The van der Waals surface area contributed by atoms with E-state index >= 15 is 0 Å². The van der Waals surface area contributed by atoms with Crippen LogP contribution in [0.25, 0.3) is 0 Å². The molecule has 3 aromatic rings. The Balaban J connectivity index is 1.66. The van der Waals surface area contributed by atoms with Gasteiger partial charge in [0.25, 0.3) is 0 Å². The molecule has 10 heteroatoms. The van der Waals surface area contributed by atoms with Gasteiger partial charge in [0.1, 0.15) is 18.4 Å². The second-order valence-corrected chi connectivity index (χ2v) is 12.0. The van der Waals surface area contributed by atoms with Gasteiger partial charge in [0, 0.05) is 17.5 Å². The van der Waals surface area contributed by atoms with E-state index in [4.69, 9.17) is 21.1 Å². The number of halogens is 1. The van der Waals surface area contributed by atoms with Gasteiger partial charge in [-0.25, -0.2) is 8.42 Å². The minimum absolute atomic E-state index is 0.0610. The zero-order chi connectivity index (χ0) is 29.4. The monoisotopic (exact) mass is 596 g/mol. The molecule has 2 atom stereocenters. The van der Waals surface area contributed by atoms with Gasteiger partial charge in [0.15, 0.2) is 0 Å². The lowest BCUT2D eigenvalue weighted by molar-refractivity contribution is -0.139. The highest BCUT2D eigenvalue weighted by atomic mass is 35.5. The summed E-state index contributed by atoms with van der Waals surface area (Å²) < 4.78 is 40.3. The molecule has 0 aromatic heterocycles. The van der Waals surface area contributed by atoms with Crippen LogP contribution < -0.4 is 14.8 Å². The molecular formula is C31H33ClN2O6S. The quantitative estimate of drug-likeness (QED) is 0.263. The number of carbonyl (C=O) groups excluding carboxylic acids is 2. The molecule has 0 spiro atoms. The number of sulfonamides is 1. The van der Waals surface area contributed by atoms with Crippen molar-refractivity contribution in [2.45, 2.75) is 43.7 Å². The minimum atomic E-state index is -4.00. The van der Waals surface area contributed by atoms with Crippen molar-refractivity contribution in [1.29, 1.82) is 0 Å². The molecule has 4 rings (SSSR count). The number of methoxy groups -OCH3 is 1. The molecule has 2 N–H and O–H groups in total. The standard InChI is InChI=1S/C31H33ClN2O6S/c1-21-6-13-27(14-7-21)41(37,38)34-30-24(5-3-4-16-33-31(30)36)19-25-17-23(18-29(35)39-2)10-15-28(25)40-20-22-8-11-26(32)12-9-22/h3,5-15,17,24,30,34H,4,16,18-20H2,1-2H3,(H,33,36)/t24?,30-/m1/s1. The average Bonchev–Trinajstić information content (AvgIpc) is 2.95. The van der Waals surface area contributed by atoms with Crippen molar-refractivity contribution < 1.29 is 27.5 Å². The first-order valence-corrected chi connectivity index (χ1v) is 15.1. The molecule has 3 aromatic carbocycles. The third-order valence-corrected chi connectivity index (χ3v) is 8.49. The molecule has 0 saturated heterocycles. The summed E-state index contributed by atoms with van der Waals surface area (Å²) in [5.41, 5.74) is 3.27. The fourth-order valence-electron chi connectivity index (χ4n) is 4.52. The number of nitrogens with one attached hydrogen (secondary N) is 2. The van der Waals surface area contributed by atoms with Crippen LogP contribution in [0.3, 0.4) is 0 Å². The molecule has 216 valence electrons. The molecule has 1 aliphatic rings. The zero-order valence-electron chi connectivity index (χ0n) is 22.9. The summed E-state index contributed by atoms with van der Waals surface area (Å²) in [5.74, 6) is -0.782. The van der Waals surface area contributed by atoms with Gasteiger partial charge in [-0.05, 0) is 66.8 Å². The van der Waals surface area contributed by atoms with E-state index in [0.717, 1.165) is 16.7 Å². The Labute approximate surface area is 245 Å². The number of hydrogen-bond donors (Lipinski definition) is 2. The van der Waals surface area contributed by atoms with E-state index in [1.54, 1.807) is 36.4 Å². The van der Waals surface area contributed by atoms with Crippen molar-refractivity contribution >= 4 is 33.5 Å². The van der Waals surface area contributed by atoms with E-state index in [-0.39, 0.29) is 30.3 Å². The van der Waals surface area contributed by atoms with Gasteiger partial charge >= 0.3 is 5.97 Å². The third kappa shape index (κ3) is 8.42. The van der Waals surface area contributed by atoms with Crippen LogP contribution in [-0.2, 0) is 43.8 Å². The highest BCUT2D eigenvalue weighted by molar-refractivity contribution is 7.89. The fourth-order valence-corrected chi connectivity index (χ4v) is 5.89. The Kier molecular flexibility index (Phi) is 10.2. The Morgan fingerprint density at radius 2 is 1.76 bits per heavy atom. The second-order valence-electron chi connectivity index (χ2n) is 9.90. The van der Waals surface area contributed by atoms with Crippen LogP contribution in [0, 0.1) is 12.8 Å². The lowest BCUT2D eigenvalue weighted by atomic mass is 9.89. The van der Waals surface area contributed by atoms with Gasteiger partial charge in [-0.2, -0.15) is 4.72 Å². The van der Waals surface area contributed by atoms with Gasteiger partial charge in [-0.3, -0.25) is 9.59 Å². The predicted molar refractivity (Wildman–Crippen MR) is 157 cm³/mol. The Bertz CT molecular complexity index is 1500. The summed E-state index contributed by atoms with van der Waals surface area (Å²) in [6.45, 7) is 2.54. The summed E-state index contributed by atoms with van der Waals surface area (Å²) >= 11 is 6.01. The summed E-state index contributed by atoms with van der Waals surface area (Å²) in [6.07, 6.45) is 4.75. The van der Waals surface area contributed by atoms with E-state index in [9.17, 15) is 18.0 Å². The molecule has 0 saturated carbocycles. The molecule has 1 amide bonds. The number of benzene rings is 3. The third-order valence-electron chi connectivity index (χ3n) is 6.78. The first kappa shape index (κ1) is 30.3. The van der Waals surface area contributed by atoms with Crippen molar-refractivity contribution in [1.82, 2.24) is 10.0 Å². The summed E-state index contributed by atoms with van der Waals surface area (Å²) in [4.78, 5) is 25.3. The van der Waals surface area contributed by atoms with Crippen LogP contribution in [-0.4, -0.2) is 40.0 Å². The molecule has 0 radical (unpaired) electrons. The van der Waals surface area contributed by atoms with Gasteiger partial charge in [-0.1, -0.05) is 65.7 Å². The Morgan fingerprint density at radius 3 is 2.46 bits per heavy atom. The minimum Gasteiger partial charge on any atom is -0.489 e. The normalized spacial score (nSPS) is 17.3. The van der Waals surface area contributed by atoms with Crippen molar-refractivity contribution in [2.75, 3.05) is 13.7 Å². The summed E-state index contributed by atoms with van der Waals surface area (Å²) in [7, 11) is -2.67. The number of esters is 1. The average molecular weight is 597 g/mol. The van der Waals surface area contributed by atoms with Gasteiger partial charge in [0.05, 0.1) is 18.4 Å². The van der Waals surface area contributed by atoms with E-state index in [2.05, 4.69) is 10.0 Å². The molecule has 0 aliphatic carbocycles. The summed E-state index contributed by atoms with van der Waals surface area (Å²) in [5, 5.41) is 3.44. The van der Waals surface area contributed by atoms with Crippen molar-refractivity contribution in [3.05, 3.63) is 106 Å². The van der Waals surface area contributed by atoms with Crippen LogP contribution in [0.15, 0.2) is 83.8 Å². The highest BCUT2D eigenvalue weighted by Gasteiger charge is 2.33. The number of rotatable bonds is 10.